The second kappa shape index (κ2) is 9.12. The molecule has 3 rings (SSSR count). The van der Waals surface area contributed by atoms with Crippen molar-refractivity contribution in [2.24, 2.45) is 11.3 Å². The molecule has 0 radical (unpaired) electrons. The van der Waals surface area contributed by atoms with Gasteiger partial charge in [0.25, 0.3) is 0 Å². The van der Waals surface area contributed by atoms with E-state index in [-0.39, 0.29) is 29.2 Å². The number of rotatable bonds is 5. The van der Waals surface area contributed by atoms with Gasteiger partial charge in [-0.15, -0.1) is 0 Å². The van der Waals surface area contributed by atoms with Crippen molar-refractivity contribution in [3.05, 3.63) is 24.2 Å². The number of piperidine rings is 2. The van der Waals surface area contributed by atoms with E-state index in [1.54, 1.807) is 6.26 Å². The zero-order valence-electron chi connectivity index (χ0n) is 17.6. The summed E-state index contributed by atoms with van der Waals surface area (Å²) in [7, 11) is 0. The van der Waals surface area contributed by atoms with Gasteiger partial charge in [0, 0.05) is 31.0 Å². The Kier molecular flexibility index (Phi) is 6.81. The molecule has 1 atom stereocenters. The highest BCUT2D eigenvalue weighted by molar-refractivity contribution is 5.82. The zero-order valence-corrected chi connectivity index (χ0v) is 17.6. The first-order chi connectivity index (χ1) is 13.4. The van der Waals surface area contributed by atoms with E-state index in [1.807, 2.05) is 37.8 Å². The Morgan fingerprint density at radius 2 is 1.82 bits per heavy atom. The van der Waals surface area contributed by atoms with E-state index >= 15 is 0 Å². The molecule has 1 aromatic heterocycles. The van der Waals surface area contributed by atoms with Crippen LogP contribution in [0.1, 0.15) is 64.7 Å². The first-order valence-electron chi connectivity index (χ1n) is 10.7. The van der Waals surface area contributed by atoms with Crippen LogP contribution in [0.25, 0.3) is 0 Å². The minimum absolute atomic E-state index is 0.0115. The number of furan rings is 1. The summed E-state index contributed by atoms with van der Waals surface area (Å²) in [5, 5.41) is 3.17. The van der Waals surface area contributed by atoms with Crippen molar-refractivity contribution in [3.63, 3.8) is 0 Å². The SMILES string of the molecule is CC(C)(C)C(=O)N1CCC(C(=O)NCC(c2ccco2)N2CCCCC2)CC1. The lowest BCUT2D eigenvalue weighted by Gasteiger charge is -2.36. The maximum absolute atomic E-state index is 12.8. The quantitative estimate of drug-likeness (QED) is 0.840. The van der Waals surface area contributed by atoms with Crippen LogP contribution in [0, 0.1) is 11.3 Å². The molecule has 1 N–H and O–H groups in total. The van der Waals surface area contributed by atoms with E-state index in [0.717, 1.165) is 31.7 Å². The van der Waals surface area contributed by atoms with Crippen molar-refractivity contribution in [1.29, 1.82) is 0 Å². The fourth-order valence-electron chi connectivity index (χ4n) is 4.28. The van der Waals surface area contributed by atoms with Gasteiger partial charge in [-0.3, -0.25) is 14.5 Å². The van der Waals surface area contributed by atoms with Crippen LogP contribution in [0.3, 0.4) is 0 Å². The third-order valence-corrected chi connectivity index (χ3v) is 5.97. The minimum Gasteiger partial charge on any atom is -0.468 e. The van der Waals surface area contributed by atoms with Crippen molar-refractivity contribution >= 4 is 11.8 Å². The molecule has 0 aliphatic carbocycles. The standard InChI is InChI=1S/C22H35N3O3/c1-22(2,3)21(27)25-13-9-17(10-14-25)20(26)23-16-18(19-8-7-15-28-19)24-11-5-4-6-12-24/h7-8,15,17-18H,4-6,9-14,16H2,1-3H3,(H,23,26). The van der Waals surface area contributed by atoms with Crippen molar-refractivity contribution in [2.45, 2.75) is 58.9 Å². The number of carbonyl (C=O) groups is 2. The molecule has 2 amide bonds. The normalized spacial score (nSPS) is 20.8. The summed E-state index contributed by atoms with van der Waals surface area (Å²) in [6.45, 7) is 9.86. The van der Waals surface area contributed by atoms with E-state index in [0.29, 0.717) is 19.6 Å². The molecule has 2 fully saturated rings. The molecule has 0 bridgehead atoms. The molecule has 2 aliphatic heterocycles. The van der Waals surface area contributed by atoms with E-state index in [2.05, 4.69) is 10.2 Å². The van der Waals surface area contributed by atoms with Crippen LogP contribution >= 0.6 is 0 Å². The van der Waals surface area contributed by atoms with Gasteiger partial charge in [-0.05, 0) is 50.9 Å². The molecule has 3 heterocycles. The maximum atomic E-state index is 12.8. The Balaban J connectivity index is 1.52. The van der Waals surface area contributed by atoms with E-state index in [4.69, 9.17) is 4.42 Å². The molecular weight excluding hydrogens is 354 g/mol. The number of carbonyl (C=O) groups excluding carboxylic acids is 2. The first kappa shape index (κ1) is 20.9. The Labute approximate surface area is 168 Å². The highest BCUT2D eigenvalue weighted by Crippen LogP contribution is 2.26. The number of likely N-dealkylation sites (tertiary alicyclic amines) is 2. The lowest BCUT2D eigenvalue weighted by Crippen LogP contribution is -2.47. The largest absolute Gasteiger partial charge is 0.468 e. The second-order valence-corrected chi connectivity index (χ2v) is 9.19. The van der Waals surface area contributed by atoms with Crippen LogP contribution < -0.4 is 5.32 Å². The van der Waals surface area contributed by atoms with Crippen LogP contribution in [0.2, 0.25) is 0 Å². The van der Waals surface area contributed by atoms with Crippen molar-refractivity contribution in [3.8, 4) is 0 Å². The van der Waals surface area contributed by atoms with Crippen LogP contribution in [-0.4, -0.2) is 54.3 Å². The van der Waals surface area contributed by atoms with Crippen LogP contribution in [-0.2, 0) is 9.59 Å². The predicted octanol–water partition coefficient (Wildman–Crippen LogP) is 3.21. The second-order valence-electron chi connectivity index (χ2n) is 9.19. The van der Waals surface area contributed by atoms with Crippen molar-refractivity contribution in [1.82, 2.24) is 15.1 Å². The molecule has 6 nitrogen and oxygen atoms in total. The number of hydrogen-bond acceptors (Lipinski definition) is 4. The van der Waals surface area contributed by atoms with Gasteiger partial charge in [-0.25, -0.2) is 0 Å². The van der Waals surface area contributed by atoms with Crippen molar-refractivity contribution < 1.29 is 14.0 Å². The van der Waals surface area contributed by atoms with Gasteiger partial charge in [0.05, 0.1) is 12.3 Å². The lowest BCUT2D eigenvalue weighted by molar-refractivity contribution is -0.142. The Morgan fingerprint density at radius 3 is 2.39 bits per heavy atom. The number of hydrogen-bond donors (Lipinski definition) is 1. The fraction of sp³-hybridized carbons (Fsp3) is 0.727. The van der Waals surface area contributed by atoms with Gasteiger partial charge in [0.15, 0.2) is 0 Å². The summed E-state index contributed by atoms with van der Waals surface area (Å²) in [6, 6.07) is 4.01. The third kappa shape index (κ3) is 5.16. The topological polar surface area (TPSA) is 65.8 Å². The minimum atomic E-state index is -0.361. The summed E-state index contributed by atoms with van der Waals surface area (Å²) in [5.74, 6) is 1.20. The summed E-state index contributed by atoms with van der Waals surface area (Å²) in [6.07, 6.45) is 6.86. The van der Waals surface area contributed by atoms with Gasteiger partial charge in [-0.2, -0.15) is 0 Å². The van der Waals surface area contributed by atoms with Gasteiger partial charge >= 0.3 is 0 Å². The summed E-state index contributed by atoms with van der Waals surface area (Å²) in [5.41, 5.74) is -0.361. The first-order valence-corrected chi connectivity index (χ1v) is 10.7. The summed E-state index contributed by atoms with van der Waals surface area (Å²) in [4.78, 5) is 29.5. The van der Waals surface area contributed by atoms with Crippen LogP contribution in [0.4, 0.5) is 0 Å². The molecule has 6 heteroatoms. The van der Waals surface area contributed by atoms with Crippen LogP contribution in [0.5, 0.6) is 0 Å². The van der Waals surface area contributed by atoms with Crippen molar-refractivity contribution in [2.75, 3.05) is 32.7 Å². The third-order valence-electron chi connectivity index (χ3n) is 5.97. The zero-order chi connectivity index (χ0) is 20.1. The molecule has 0 saturated carbocycles. The van der Waals surface area contributed by atoms with E-state index < -0.39 is 0 Å². The molecule has 28 heavy (non-hydrogen) atoms. The molecule has 0 spiro atoms. The van der Waals surface area contributed by atoms with Gasteiger partial charge in [-0.1, -0.05) is 27.2 Å². The summed E-state index contributed by atoms with van der Waals surface area (Å²) < 4.78 is 5.66. The highest BCUT2D eigenvalue weighted by atomic mass is 16.3. The average molecular weight is 390 g/mol. The molecule has 2 saturated heterocycles. The van der Waals surface area contributed by atoms with Gasteiger partial charge in [0.1, 0.15) is 5.76 Å². The molecule has 156 valence electrons. The predicted molar refractivity (Wildman–Crippen MR) is 109 cm³/mol. The van der Waals surface area contributed by atoms with Gasteiger partial charge < -0.3 is 14.6 Å². The number of amides is 2. The number of nitrogens with zero attached hydrogens (tertiary/aromatic N) is 2. The molecule has 1 unspecified atom stereocenters. The monoisotopic (exact) mass is 389 g/mol. The molecule has 2 aliphatic rings. The maximum Gasteiger partial charge on any atom is 0.227 e. The lowest BCUT2D eigenvalue weighted by atomic mass is 9.90. The summed E-state index contributed by atoms with van der Waals surface area (Å²) >= 11 is 0. The average Bonchev–Trinajstić information content (AvgIpc) is 3.22. The van der Waals surface area contributed by atoms with Crippen LogP contribution in [0.15, 0.2) is 22.8 Å². The number of nitrogens with one attached hydrogen (secondary N) is 1. The molecule has 0 aromatic carbocycles. The molecule has 1 aromatic rings. The Hall–Kier alpha value is -1.82. The smallest absolute Gasteiger partial charge is 0.227 e. The van der Waals surface area contributed by atoms with E-state index in [1.165, 1.54) is 19.3 Å². The molecular formula is C22H35N3O3. The highest BCUT2D eigenvalue weighted by Gasteiger charge is 2.33. The Bertz CT molecular complexity index is 636. The van der Waals surface area contributed by atoms with Gasteiger partial charge in [0.2, 0.25) is 11.8 Å². The Morgan fingerprint density at radius 1 is 1.14 bits per heavy atom. The fourth-order valence-corrected chi connectivity index (χ4v) is 4.28. The van der Waals surface area contributed by atoms with E-state index in [9.17, 15) is 9.59 Å².